The van der Waals surface area contributed by atoms with E-state index in [1.165, 1.54) is 12.8 Å². The fraction of sp³-hybridized carbons (Fsp3) is 0.909. The van der Waals surface area contributed by atoms with Gasteiger partial charge in [-0.3, -0.25) is 5.32 Å². The topological polar surface area (TPSA) is 39.1 Å². The quantitative estimate of drug-likeness (QED) is 0.730. The van der Waals surface area contributed by atoms with E-state index in [2.05, 4.69) is 23.2 Å². The minimum atomic E-state index is -0.222. The summed E-state index contributed by atoms with van der Waals surface area (Å²) in [4.78, 5) is 2.55. The van der Waals surface area contributed by atoms with Crippen LogP contribution in [0.4, 0.5) is 0 Å². The van der Waals surface area contributed by atoms with Gasteiger partial charge in [-0.2, -0.15) is 5.26 Å². The molecule has 0 aromatic heterocycles. The molecular formula is C11H19N3. The van der Waals surface area contributed by atoms with Crippen LogP contribution in [0.2, 0.25) is 0 Å². The fourth-order valence-corrected chi connectivity index (χ4v) is 2.38. The van der Waals surface area contributed by atoms with Crippen LogP contribution >= 0.6 is 0 Å². The average molecular weight is 193 g/mol. The zero-order valence-electron chi connectivity index (χ0n) is 8.92. The van der Waals surface area contributed by atoms with Gasteiger partial charge in [-0.1, -0.05) is 6.92 Å². The van der Waals surface area contributed by atoms with Gasteiger partial charge in [0.05, 0.1) is 6.07 Å². The zero-order valence-corrected chi connectivity index (χ0v) is 8.92. The van der Waals surface area contributed by atoms with Gasteiger partial charge in [-0.15, -0.1) is 0 Å². The molecule has 3 heteroatoms. The van der Waals surface area contributed by atoms with Crippen molar-refractivity contribution in [2.45, 2.75) is 44.2 Å². The number of likely N-dealkylation sites (tertiary alicyclic amines) is 1. The minimum Gasteiger partial charge on any atom is -0.300 e. The highest BCUT2D eigenvalue weighted by molar-refractivity contribution is 5.10. The van der Waals surface area contributed by atoms with Crippen LogP contribution in [0.25, 0.3) is 0 Å². The summed E-state index contributed by atoms with van der Waals surface area (Å²) < 4.78 is 0. The van der Waals surface area contributed by atoms with Gasteiger partial charge in [-0.05, 0) is 32.2 Å². The van der Waals surface area contributed by atoms with Gasteiger partial charge in [0, 0.05) is 19.1 Å². The average Bonchev–Trinajstić information content (AvgIpc) is 3.03. The minimum absolute atomic E-state index is 0.222. The van der Waals surface area contributed by atoms with E-state index in [1.807, 2.05) is 0 Å². The largest absolute Gasteiger partial charge is 0.300 e. The predicted molar refractivity (Wildman–Crippen MR) is 55.8 cm³/mol. The standard InChI is InChI=1S/C11H19N3/c1-2-13-11(9-12)5-7-14(8-6-11)10-3-4-10/h10,13H,2-8H2,1H3. The van der Waals surface area contributed by atoms with Crippen LogP contribution < -0.4 is 5.32 Å². The highest BCUT2D eigenvalue weighted by Gasteiger charge is 2.38. The lowest BCUT2D eigenvalue weighted by atomic mass is 9.89. The van der Waals surface area contributed by atoms with E-state index in [9.17, 15) is 5.26 Å². The summed E-state index contributed by atoms with van der Waals surface area (Å²) in [5.41, 5.74) is -0.222. The van der Waals surface area contributed by atoms with Crippen LogP contribution in [0.1, 0.15) is 32.6 Å². The van der Waals surface area contributed by atoms with Gasteiger partial charge in [-0.25, -0.2) is 0 Å². The first-order valence-electron chi connectivity index (χ1n) is 5.70. The van der Waals surface area contributed by atoms with E-state index < -0.39 is 0 Å². The summed E-state index contributed by atoms with van der Waals surface area (Å²) in [6, 6.07) is 3.32. The van der Waals surface area contributed by atoms with Crippen molar-refractivity contribution in [3.05, 3.63) is 0 Å². The van der Waals surface area contributed by atoms with Crippen molar-refractivity contribution in [3.8, 4) is 6.07 Å². The molecule has 1 N–H and O–H groups in total. The molecule has 0 unspecified atom stereocenters. The first kappa shape index (κ1) is 9.95. The molecule has 0 bridgehead atoms. The van der Waals surface area contributed by atoms with Crippen molar-refractivity contribution in [1.29, 1.82) is 5.26 Å². The molecule has 0 aromatic rings. The number of hydrogen-bond acceptors (Lipinski definition) is 3. The number of nitrogens with one attached hydrogen (secondary N) is 1. The summed E-state index contributed by atoms with van der Waals surface area (Å²) in [5, 5.41) is 12.5. The van der Waals surface area contributed by atoms with Crippen molar-refractivity contribution < 1.29 is 0 Å². The molecule has 1 aliphatic carbocycles. The van der Waals surface area contributed by atoms with Gasteiger partial charge in [0.1, 0.15) is 5.54 Å². The van der Waals surface area contributed by atoms with Crippen LogP contribution in [-0.4, -0.2) is 36.1 Å². The van der Waals surface area contributed by atoms with Gasteiger partial charge < -0.3 is 4.90 Å². The van der Waals surface area contributed by atoms with E-state index >= 15 is 0 Å². The molecule has 3 nitrogen and oxygen atoms in total. The van der Waals surface area contributed by atoms with E-state index in [-0.39, 0.29) is 5.54 Å². The lowest BCUT2D eigenvalue weighted by molar-refractivity contribution is 0.161. The Hall–Kier alpha value is -0.590. The number of nitrogens with zero attached hydrogens (tertiary/aromatic N) is 2. The smallest absolute Gasteiger partial charge is 0.109 e. The normalized spacial score (nSPS) is 27.1. The van der Waals surface area contributed by atoms with Crippen molar-refractivity contribution in [1.82, 2.24) is 10.2 Å². The molecule has 2 rings (SSSR count). The molecule has 14 heavy (non-hydrogen) atoms. The molecule has 1 saturated heterocycles. The monoisotopic (exact) mass is 193 g/mol. The Labute approximate surface area is 86.1 Å². The molecule has 1 heterocycles. The number of rotatable bonds is 3. The highest BCUT2D eigenvalue weighted by atomic mass is 15.2. The molecule has 0 atom stereocenters. The molecule has 0 spiro atoms. The molecular weight excluding hydrogens is 174 g/mol. The zero-order chi connectivity index (χ0) is 10.0. The molecule has 2 fully saturated rings. The number of hydrogen-bond donors (Lipinski definition) is 1. The predicted octanol–water partition coefficient (Wildman–Crippen LogP) is 1.12. The maximum Gasteiger partial charge on any atom is 0.109 e. The second kappa shape index (κ2) is 3.88. The first-order chi connectivity index (χ1) is 6.79. The summed E-state index contributed by atoms with van der Waals surface area (Å²) in [6.07, 6.45) is 4.74. The summed E-state index contributed by atoms with van der Waals surface area (Å²) in [7, 11) is 0. The van der Waals surface area contributed by atoms with Gasteiger partial charge >= 0.3 is 0 Å². The lowest BCUT2D eigenvalue weighted by Gasteiger charge is -2.37. The summed E-state index contributed by atoms with van der Waals surface area (Å²) in [5.74, 6) is 0. The van der Waals surface area contributed by atoms with Crippen LogP contribution in [-0.2, 0) is 0 Å². The second-order valence-electron chi connectivity index (χ2n) is 4.49. The second-order valence-corrected chi connectivity index (χ2v) is 4.49. The maximum absolute atomic E-state index is 9.18. The summed E-state index contributed by atoms with van der Waals surface area (Å²) in [6.45, 7) is 5.18. The molecule has 0 aromatic carbocycles. The Bertz CT molecular complexity index is 231. The fourth-order valence-electron chi connectivity index (χ4n) is 2.38. The number of piperidine rings is 1. The van der Waals surface area contributed by atoms with E-state index in [4.69, 9.17) is 0 Å². The molecule has 78 valence electrons. The Balaban J connectivity index is 1.89. The molecule has 0 amide bonds. The van der Waals surface area contributed by atoms with Gasteiger partial charge in [0.15, 0.2) is 0 Å². The van der Waals surface area contributed by atoms with Crippen molar-refractivity contribution in [3.63, 3.8) is 0 Å². The Morgan fingerprint density at radius 1 is 1.43 bits per heavy atom. The molecule has 1 aliphatic heterocycles. The lowest BCUT2D eigenvalue weighted by Crippen LogP contribution is -2.52. The van der Waals surface area contributed by atoms with Gasteiger partial charge in [0.25, 0.3) is 0 Å². The van der Waals surface area contributed by atoms with Crippen molar-refractivity contribution in [2.24, 2.45) is 0 Å². The summed E-state index contributed by atoms with van der Waals surface area (Å²) >= 11 is 0. The third-order valence-corrected chi connectivity index (χ3v) is 3.44. The Kier molecular flexibility index (Phi) is 2.76. The molecule has 2 aliphatic rings. The first-order valence-corrected chi connectivity index (χ1v) is 5.70. The van der Waals surface area contributed by atoms with Gasteiger partial charge in [0.2, 0.25) is 0 Å². The van der Waals surface area contributed by atoms with Crippen LogP contribution in [0.3, 0.4) is 0 Å². The van der Waals surface area contributed by atoms with E-state index in [1.54, 1.807) is 0 Å². The Morgan fingerprint density at radius 3 is 2.50 bits per heavy atom. The van der Waals surface area contributed by atoms with E-state index in [0.29, 0.717) is 0 Å². The molecule has 0 radical (unpaired) electrons. The SMILES string of the molecule is CCNC1(C#N)CCN(C2CC2)CC1. The molecule has 1 saturated carbocycles. The number of nitriles is 1. The van der Waals surface area contributed by atoms with Crippen LogP contribution in [0.15, 0.2) is 0 Å². The van der Waals surface area contributed by atoms with E-state index in [0.717, 1.165) is 38.5 Å². The van der Waals surface area contributed by atoms with Crippen LogP contribution in [0.5, 0.6) is 0 Å². The maximum atomic E-state index is 9.18. The van der Waals surface area contributed by atoms with Crippen LogP contribution in [0, 0.1) is 11.3 Å². The Morgan fingerprint density at radius 2 is 2.07 bits per heavy atom. The third kappa shape index (κ3) is 1.92. The van der Waals surface area contributed by atoms with Crippen molar-refractivity contribution in [2.75, 3.05) is 19.6 Å². The third-order valence-electron chi connectivity index (χ3n) is 3.44. The highest BCUT2D eigenvalue weighted by Crippen LogP contribution is 2.31. The van der Waals surface area contributed by atoms with Crippen molar-refractivity contribution >= 4 is 0 Å².